The van der Waals surface area contributed by atoms with Gasteiger partial charge in [0, 0.05) is 18.4 Å². The summed E-state index contributed by atoms with van der Waals surface area (Å²) in [5.41, 5.74) is 1.39. The van der Waals surface area contributed by atoms with Crippen LogP contribution in [0.25, 0.3) is 0 Å². The van der Waals surface area contributed by atoms with Crippen molar-refractivity contribution in [1.29, 1.82) is 0 Å². The Kier molecular flexibility index (Phi) is 2.87. The number of nitrogens with one attached hydrogen (secondary N) is 1. The fraction of sp³-hybridized carbons (Fsp3) is 0.727. The molecule has 0 saturated carbocycles. The Bertz CT molecular complexity index is 286. The summed E-state index contributed by atoms with van der Waals surface area (Å²) < 4.78 is 2.16. The van der Waals surface area contributed by atoms with Crippen molar-refractivity contribution in [2.45, 2.75) is 26.8 Å². The lowest BCUT2D eigenvalue weighted by Crippen LogP contribution is -2.43. The van der Waals surface area contributed by atoms with Gasteiger partial charge in [-0.3, -0.25) is 4.68 Å². The average molecular weight is 193 g/mol. The highest BCUT2D eigenvalue weighted by atomic mass is 15.3. The third kappa shape index (κ3) is 2.15. The van der Waals surface area contributed by atoms with Crippen LogP contribution in [0, 0.1) is 11.8 Å². The van der Waals surface area contributed by atoms with Gasteiger partial charge in [0.05, 0.1) is 0 Å². The van der Waals surface area contributed by atoms with Gasteiger partial charge in [0.25, 0.3) is 0 Å². The molecule has 2 heterocycles. The van der Waals surface area contributed by atoms with Crippen LogP contribution >= 0.6 is 0 Å². The van der Waals surface area contributed by atoms with Crippen LogP contribution < -0.4 is 5.32 Å². The van der Waals surface area contributed by atoms with Crippen molar-refractivity contribution in [3.05, 3.63) is 18.0 Å². The normalized spacial score (nSPS) is 17.4. The van der Waals surface area contributed by atoms with Crippen LogP contribution in [0.4, 0.5) is 0 Å². The van der Waals surface area contributed by atoms with Gasteiger partial charge in [0.1, 0.15) is 0 Å². The molecule has 1 saturated heterocycles. The van der Waals surface area contributed by atoms with Crippen LogP contribution in [0.5, 0.6) is 0 Å². The van der Waals surface area contributed by atoms with E-state index in [1.165, 1.54) is 25.2 Å². The molecule has 0 radical (unpaired) electrons. The molecule has 3 heteroatoms. The van der Waals surface area contributed by atoms with Gasteiger partial charge in [-0.15, -0.1) is 0 Å². The molecular weight excluding hydrogens is 174 g/mol. The summed E-state index contributed by atoms with van der Waals surface area (Å²) >= 11 is 0. The van der Waals surface area contributed by atoms with Crippen molar-refractivity contribution >= 4 is 0 Å². The van der Waals surface area contributed by atoms with Gasteiger partial charge < -0.3 is 5.32 Å². The van der Waals surface area contributed by atoms with Crippen molar-refractivity contribution in [2.75, 3.05) is 13.1 Å². The molecular formula is C11H19N3. The average Bonchev–Trinajstić information content (AvgIpc) is 2.44. The molecule has 0 aliphatic carbocycles. The second-order valence-corrected chi connectivity index (χ2v) is 4.63. The van der Waals surface area contributed by atoms with E-state index in [9.17, 15) is 0 Å². The molecule has 3 nitrogen and oxygen atoms in total. The van der Waals surface area contributed by atoms with Crippen LogP contribution in [0.15, 0.2) is 12.3 Å². The van der Waals surface area contributed by atoms with Gasteiger partial charge in [-0.05, 0) is 37.4 Å². The second kappa shape index (κ2) is 4.13. The quantitative estimate of drug-likeness (QED) is 0.781. The van der Waals surface area contributed by atoms with Gasteiger partial charge in [-0.2, -0.15) is 5.10 Å². The van der Waals surface area contributed by atoms with E-state index in [0.29, 0.717) is 5.92 Å². The van der Waals surface area contributed by atoms with Crippen molar-refractivity contribution < 1.29 is 0 Å². The third-order valence-corrected chi connectivity index (χ3v) is 2.71. The van der Waals surface area contributed by atoms with Crippen molar-refractivity contribution in [2.24, 2.45) is 11.8 Å². The SMILES string of the molecule is CC(C)Cn1nccc1CC1CNC1. The lowest BCUT2D eigenvalue weighted by atomic mass is 9.97. The Morgan fingerprint density at radius 2 is 2.36 bits per heavy atom. The number of hydrogen-bond acceptors (Lipinski definition) is 2. The zero-order chi connectivity index (χ0) is 9.97. The molecule has 1 aliphatic heterocycles. The monoisotopic (exact) mass is 193 g/mol. The van der Waals surface area contributed by atoms with Gasteiger partial charge in [-0.1, -0.05) is 13.8 Å². The Labute approximate surface area is 85.5 Å². The summed E-state index contributed by atoms with van der Waals surface area (Å²) in [6.07, 6.45) is 3.10. The maximum Gasteiger partial charge on any atom is 0.0492 e. The maximum atomic E-state index is 4.36. The predicted molar refractivity (Wildman–Crippen MR) is 57.1 cm³/mol. The Balaban J connectivity index is 1.97. The minimum atomic E-state index is 0.674. The summed E-state index contributed by atoms with van der Waals surface area (Å²) in [4.78, 5) is 0. The summed E-state index contributed by atoms with van der Waals surface area (Å²) in [6.45, 7) is 7.86. The summed E-state index contributed by atoms with van der Waals surface area (Å²) in [5, 5.41) is 7.67. The van der Waals surface area contributed by atoms with Gasteiger partial charge in [0.2, 0.25) is 0 Å². The molecule has 0 unspecified atom stereocenters. The maximum absolute atomic E-state index is 4.36. The fourth-order valence-corrected chi connectivity index (χ4v) is 1.83. The smallest absolute Gasteiger partial charge is 0.0492 e. The number of nitrogens with zero attached hydrogens (tertiary/aromatic N) is 2. The van der Waals surface area contributed by atoms with E-state index in [4.69, 9.17) is 0 Å². The van der Waals surface area contributed by atoms with Crippen LogP contribution in [-0.4, -0.2) is 22.9 Å². The molecule has 0 bridgehead atoms. The summed E-state index contributed by atoms with van der Waals surface area (Å²) in [5.74, 6) is 1.51. The molecule has 1 aliphatic rings. The van der Waals surface area contributed by atoms with E-state index < -0.39 is 0 Å². The standard InChI is InChI=1S/C11H19N3/c1-9(2)8-14-11(3-4-13-14)5-10-6-12-7-10/h3-4,9-10,12H,5-8H2,1-2H3. The zero-order valence-corrected chi connectivity index (χ0v) is 9.03. The van der Waals surface area contributed by atoms with Crippen molar-refractivity contribution in [3.8, 4) is 0 Å². The fourth-order valence-electron chi connectivity index (χ4n) is 1.83. The highest BCUT2D eigenvalue weighted by Gasteiger charge is 2.18. The zero-order valence-electron chi connectivity index (χ0n) is 9.03. The lowest BCUT2D eigenvalue weighted by Gasteiger charge is -2.27. The van der Waals surface area contributed by atoms with E-state index in [0.717, 1.165) is 12.5 Å². The first-order valence-electron chi connectivity index (χ1n) is 5.47. The van der Waals surface area contributed by atoms with E-state index in [2.05, 4.69) is 35.0 Å². The molecule has 1 aromatic heterocycles. The lowest BCUT2D eigenvalue weighted by molar-refractivity contribution is 0.334. The molecule has 2 rings (SSSR count). The van der Waals surface area contributed by atoms with E-state index in [1.54, 1.807) is 0 Å². The Hall–Kier alpha value is -0.830. The van der Waals surface area contributed by atoms with E-state index in [1.807, 2.05) is 6.20 Å². The van der Waals surface area contributed by atoms with E-state index in [-0.39, 0.29) is 0 Å². The highest BCUT2D eigenvalue weighted by molar-refractivity contribution is 5.03. The van der Waals surface area contributed by atoms with E-state index >= 15 is 0 Å². The van der Waals surface area contributed by atoms with Crippen molar-refractivity contribution in [3.63, 3.8) is 0 Å². The minimum Gasteiger partial charge on any atom is -0.316 e. The summed E-state index contributed by atoms with van der Waals surface area (Å²) in [7, 11) is 0. The Morgan fingerprint density at radius 3 is 2.93 bits per heavy atom. The van der Waals surface area contributed by atoms with Crippen LogP contribution in [0.3, 0.4) is 0 Å². The van der Waals surface area contributed by atoms with Crippen molar-refractivity contribution in [1.82, 2.24) is 15.1 Å². The molecule has 0 spiro atoms. The number of aromatic nitrogens is 2. The van der Waals surface area contributed by atoms with Gasteiger partial charge in [-0.25, -0.2) is 0 Å². The molecule has 1 N–H and O–H groups in total. The predicted octanol–water partition coefficient (Wildman–Crippen LogP) is 1.30. The third-order valence-electron chi connectivity index (χ3n) is 2.71. The van der Waals surface area contributed by atoms with Gasteiger partial charge in [0.15, 0.2) is 0 Å². The Morgan fingerprint density at radius 1 is 1.57 bits per heavy atom. The summed E-state index contributed by atoms with van der Waals surface area (Å²) in [6, 6.07) is 2.15. The largest absolute Gasteiger partial charge is 0.316 e. The number of hydrogen-bond donors (Lipinski definition) is 1. The molecule has 14 heavy (non-hydrogen) atoms. The molecule has 0 amide bonds. The molecule has 0 atom stereocenters. The molecule has 1 fully saturated rings. The first-order valence-corrected chi connectivity index (χ1v) is 5.47. The van der Waals surface area contributed by atoms with Crippen LogP contribution in [0.1, 0.15) is 19.5 Å². The first-order chi connectivity index (χ1) is 6.75. The molecule has 1 aromatic rings. The second-order valence-electron chi connectivity index (χ2n) is 4.63. The van der Waals surface area contributed by atoms with Crippen LogP contribution in [0.2, 0.25) is 0 Å². The van der Waals surface area contributed by atoms with Crippen LogP contribution in [-0.2, 0) is 13.0 Å². The minimum absolute atomic E-state index is 0.674. The van der Waals surface area contributed by atoms with Gasteiger partial charge >= 0.3 is 0 Å². The molecule has 78 valence electrons. The molecule has 0 aromatic carbocycles. The number of rotatable bonds is 4. The highest BCUT2D eigenvalue weighted by Crippen LogP contribution is 2.13. The first kappa shape index (κ1) is 9.71. The topological polar surface area (TPSA) is 29.9 Å².